The lowest BCUT2D eigenvalue weighted by Gasteiger charge is -2.22. The van der Waals surface area contributed by atoms with E-state index >= 15 is 0 Å². The van der Waals surface area contributed by atoms with Gasteiger partial charge in [0, 0.05) is 0 Å². The molecule has 1 rings (SSSR count). The van der Waals surface area contributed by atoms with Crippen molar-refractivity contribution < 1.29 is 4.74 Å². The van der Waals surface area contributed by atoms with Crippen molar-refractivity contribution in [1.29, 1.82) is 0 Å². The number of benzene rings is 1. The molecule has 17 heavy (non-hydrogen) atoms. The molecule has 2 atom stereocenters. The fraction of sp³-hybridized carbons (Fsp3) is 0.600. The molecule has 0 bridgehead atoms. The molecule has 1 aromatic rings. The normalized spacial score (nSPS) is 14.4. The van der Waals surface area contributed by atoms with Gasteiger partial charge in [0.2, 0.25) is 0 Å². The molecule has 2 unspecified atom stereocenters. The van der Waals surface area contributed by atoms with Crippen LogP contribution in [-0.4, -0.2) is 13.7 Å². The molecule has 0 amide bonds. The Balaban J connectivity index is 3.00. The second-order valence-corrected chi connectivity index (χ2v) is 4.77. The molecule has 0 aliphatic rings. The molecule has 1 aromatic carbocycles. The second-order valence-electron chi connectivity index (χ2n) is 4.77. The minimum Gasteiger partial charge on any atom is -0.496 e. The molecule has 96 valence electrons. The minimum atomic E-state index is 0.486. The average Bonchev–Trinajstić information content (AvgIpc) is 2.37. The van der Waals surface area contributed by atoms with E-state index in [1.165, 1.54) is 11.1 Å². The number of aryl methyl sites for hydroxylation is 1. The largest absolute Gasteiger partial charge is 0.496 e. The smallest absolute Gasteiger partial charge is 0.122 e. The molecule has 0 aromatic heterocycles. The topological polar surface area (TPSA) is 35.2 Å². The third-order valence-electron chi connectivity index (χ3n) is 3.67. The Bertz CT molecular complexity index is 349. The van der Waals surface area contributed by atoms with Crippen LogP contribution >= 0.6 is 0 Å². The summed E-state index contributed by atoms with van der Waals surface area (Å²) in [5.41, 5.74) is 8.32. The van der Waals surface area contributed by atoms with Gasteiger partial charge in [0.25, 0.3) is 0 Å². The zero-order valence-electron chi connectivity index (χ0n) is 11.5. The highest BCUT2D eigenvalue weighted by Gasteiger charge is 2.17. The monoisotopic (exact) mass is 235 g/mol. The predicted octanol–water partition coefficient (Wildman–Crippen LogP) is 3.35. The highest BCUT2D eigenvalue weighted by atomic mass is 16.5. The van der Waals surface area contributed by atoms with E-state index in [-0.39, 0.29) is 0 Å². The summed E-state index contributed by atoms with van der Waals surface area (Å²) in [5.74, 6) is 2.07. The zero-order chi connectivity index (χ0) is 12.8. The Morgan fingerprint density at radius 3 is 2.53 bits per heavy atom. The molecule has 0 saturated carbocycles. The first kappa shape index (κ1) is 14.0. The Labute approximate surface area is 105 Å². The number of hydrogen-bond acceptors (Lipinski definition) is 2. The predicted molar refractivity (Wildman–Crippen MR) is 73.6 cm³/mol. The third-order valence-corrected chi connectivity index (χ3v) is 3.67. The van der Waals surface area contributed by atoms with Gasteiger partial charge in [0.1, 0.15) is 5.75 Å². The van der Waals surface area contributed by atoms with Crippen LogP contribution in [0.5, 0.6) is 5.75 Å². The van der Waals surface area contributed by atoms with E-state index in [1.807, 2.05) is 0 Å². The number of hydrogen-bond donors (Lipinski definition) is 1. The SMILES string of the molecule is CCc1ccc(OC)c(C(C)C(C)CCN)c1. The van der Waals surface area contributed by atoms with Crippen molar-refractivity contribution in [2.45, 2.75) is 39.5 Å². The van der Waals surface area contributed by atoms with Crippen LogP contribution in [0.15, 0.2) is 18.2 Å². The van der Waals surface area contributed by atoms with Gasteiger partial charge in [-0.15, -0.1) is 0 Å². The van der Waals surface area contributed by atoms with Crippen LogP contribution < -0.4 is 10.5 Å². The maximum Gasteiger partial charge on any atom is 0.122 e. The quantitative estimate of drug-likeness (QED) is 0.820. The van der Waals surface area contributed by atoms with E-state index in [0.717, 1.165) is 25.1 Å². The van der Waals surface area contributed by atoms with Crippen LogP contribution in [-0.2, 0) is 6.42 Å². The molecule has 0 spiro atoms. The summed E-state index contributed by atoms with van der Waals surface area (Å²) < 4.78 is 5.46. The van der Waals surface area contributed by atoms with Crippen molar-refractivity contribution in [3.8, 4) is 5.75 Å². The van der Waals surface area contributed by atoms with Gasteiger partial charge in [-0.25, -0.2) is 0 Å². The average molecular weight is 235 g/mol. The van der Waals surface area contributed by atoms with E-state index in [1.54, 1.807) is 7.11 Å². The number of rotatable bonds is 6. The molecular weight excluding hydrogens is 210 g/mol. The fourth-order valence-electron chi connectivity index (χ4n) is 2.18. The van der Waals surface area contributed by atoms with Crippen LogP contribution in [0.1, 0.15) is 44.2 Å². The van der Waals surface area contributed by atoms with Gasteiger partial charge in [-0.2, -0.15) is 0 Å². The Morgan fingerprint density at radius 1 is 1.29 bits per heavy atom. The van der Waals surface area contributed by atoms with Crippen molar-refractivity contribution >= 4 is 0 Å². The van der Waals surface area contributed by atoms with E-state index in [0.29, 0.717) is 11.8 Å². The highest BCUT2D eigenvalue weighted by molar-refractivity contribution is 5.39. The molecule has 0 heterocycles. The van der Waals surface area contributed by atoms with E-state index in [9.17, 15) is 0 Å². The second kappa shape index (κ2) is 6.65. The molecular formula is C15H25NO. The van der Waals surface area contributed by atoms with E-state index < -0.39 is 0 Å². The van der Waals surface area contributed by atoms with Crippen molar-refractivity contribution in [2.24, 2.45) is 11.7 Å². The van der Waals surface area contributed by atoms with Gasteiger partial charge in [-0.3, -0.25) is 0 Å². The maximum absolute atomic E-state index is 5.64. The number of ether oxygens (including phenoxy) is 1. The molecule has 2 nitrogen and oxygen atoms in total. The van der Waals surface area contributed by atoms with Gasteiger partial charge < -0.3 is 10.5 Å². The van der Waals surface area contributed by atoms with Crippen LogP contribution in [0.25, 0.3) is 0 Å². The van der Waals surface area contributed by atoms with E-state index in [4.69, 9.17) is 10.5 Å². The van der Waals surface area contributed by atoms with Crippen LogP contribution in [0, 0.1) is 5.92 Å². The third kappa shape index (κ3) is 3.47. The summed E-state index contributed by atoms with van der Waals surface area (Å²) in [6, 6.07) is 6.50. The van der Waals surface area contributed by atoms with Crippen LogP contribution in [0.4, 0.5) is 0 Å². The number of nitrogens with two attached hydrogens (primary N) is 1. The minimum absolute atomic E-state index is 0.486. The Hall–Kier alpha value is -1.02. The standard InChI is InChI=1S/C15H25NO/c1-5-13-6-7-15(17-4)14(10-13)12(3)11(2)8-9-16/h6-7,10-12H,5,8-9,16H2,1-4H3. The van der Waals surface area contributed by atoms with Crippen molar-refractivity contribution in [3.05, 3.63) is 29.3 Å². The Kier molecular flexibility index (Phi) is 5.49. The Morgan fingerprint density at radius 2 is 2.00 bits per heavy atom. The summed E-state index contributed by atoms with van der Waals surface area (Å²) >= 11 is 0. The first-order valence-corrected chi connectivity index (χ1v) is 6.50. The van der Waals surface area contributed by atoms with Gasteiger partial charge in [0.05, 0.1) is 7.11 Å². The van der Waals surface area contributed by atoms with Gasteiger partial charge in [-0.1, -0.05) is 32.9 Å². The molecule has 0 radical (unpaired) electrons. The summed E-state index contributed by atoms with van der Waals surface area (Å²) in [4.78, 5) is 0. The molecule has 0 aliphatic heterocycles. The lowest BCUT2D eigenvalue weighted by molar-refractivity contribution is 0.390. The first-order chi connectivity index (χ1) is 8.13. The summed E-state index contributed by atoms with van der Waals surface area (Å²) in [6.07, 6.45) is 2.12. The molecule has 2 heteroatoms. The van der Waals surface area contributed by atoms with Gasteiger partial charge in [0.15, 0.2) is 0 Å². The summed E-state index contributed by atoms with van der Waals surface area (Å²) in [5, 5.41) is 0. The van der Waals surface area contributed by atoms with Gasteiger partial charge >= 0.3 is 0 Å². The fourth-order valence-corrected chi connectivity index (χ4v) is 2.18. The molecule has 0 fully saturated rings. The van der Waals surface area contributed by atoms with Gasteiger partial charge in [-0.05, 0) is 48.4 Å². The molecule has 0 aliphatic carbocycles. The van der Waals surface area contributed by atoms with E-state index in [2.05, 4.69) is 39.0 Å². The van der Waals surface area contributed by atoms with Crippen molar-refractivity contribution in [3.63, 3.8) is 0 Å². The summed E-state index contributed by atoms with van der Waals surface area (Å²) in [7, 11) is 1.74. The van der Waals surface area contributed by atoms with Crippen LogP contribution in [0.2, 0.25) is 0 Å². The lowest BCUT2D eigenvalue weighted by Crippen LogP contribution is -2.13. The first-order valence-electron chi connectivity index (χ1n) is 6.50. The molecule has 0 saturated heterocycles. The van der Waals surface area contributed by atoms with Crippen molar-refractivity contribution in [2.75, 3.05) is 13.7 Å². The maximum atomic E-state index is 5.64. The zero-order valence-corrected chi connectivity index (χ0v) is 11.5. The summed E-state index contributed by atoms with van der Waals surface area (Å²) in [6.45, 7) is 7.45. The highest BCUT2D eigenvalue weighted by Crippen LogP contribution is 2.33. The molecule has 2 N–H and O–H groups in total. The number of methoxy groups -OCH3 is 1. The lowest BCUT2D eigenvalue weighted by atomic mass is 9.85. The van der Waals surface area contributed by atoms with Crippen molar-refractivity contribution in [1.82, 2.24) is 0 Å². The van der Waals surface area contributed by atoms with Crippen LogP contribution in [0.3, 0.4) is 0 Å².